The summed E-state index contributed by atoms with van der Waals surface area (Å²) in [5, 5.41) is 12.7. The number of rotatable bonds is 4. The largest absolute Gasteiger partial charge is 0.424 e. The Balaban J connectivity index is 2.00. The molecule has 25 heavy (non-hydrogen) atoms. The minimum atomic E-state index is -4.90. The molecule has 0 spiro atoms. The summed E-state index contributed by atoms with van der Waals surface area (Å²) in [5.41, 5.74) is -3.11. The Morgan fingerprint density at radius 2 is 1.96 bits per heavy atom. The van der Waals surface area contributed by atoms with Crippen LogP contribution in [0.25, 0.3) is 0 Å². The Morgan fingerprint density at radius 1 is 1.36 bits per heavy atom. The second kappa shape index (κ2) is 7.23. The maximum absolute atomic E-state index is 13.4. The Kier molecular flexibility index (Phi) is 5.65. The van der Waals surface area contributed by atoms with Crippen LogP contribution in [0.5, 0.6) is 0 Å². The van der Waals surface area contributed by atoms with Gasteiger partial charge in [-0.3, -0.25) is 0 Å². The number of carbonyl (C=O) groups excluding carboxylic acids is 1. The van der Waals surface area contributed by atoms with E-state index in [1.807, 2.05) is 13.8 Å². The lowest BCUT2D eigenvalue weighted by atomic mass is 9.92. The molecule has 142 valence electrons. The number of aliphatic hydroxyl groups is 1. The third-order valence-electron chi connectivity index (χ3n) is 4.58. The van der Waals surface area contributed by atoms with E-state index in [4.69, 9.17) is 0 Å². The van der Waals surface area contributed by atoms with E-state index in [1.165, 1.54) is 19.4 Å². The van der Waals surface area contributed by atoms with Gasteiger partial charge in [0.25, 0.3) is 0 Å². The van der Waals surface area contributed by atoms with E-state index in [0.29, 0.717) is 24.9 Å². The zero-order valence-corrected chi connectivity index (χ0v) is 14.7. The van der Waals surface area contributed by atoms with Crippen molar-refractivity contribution < 1.29 is 23.1 Å². The van der Waals surface area contributed by atoms with Crippen molar-refractivity contribution in [2.45, 2.75) is 38.5 Å². The molecule has 1 fully saturated rings. The number of carbonyl (C=O) groups is 1. The van der Waals surface area contributed by atoms with Gasteiger partial charge in [0.05, 0.1) is 0 Å². The number of nitrogens with one attached hydrogen (secondary N) is 1. The Bertz CT molecular complexity index is 594. The minimum absolute atomic E-state index is 0.305. The predicted molar refractivity (Wildman–Crippen MR) is 85.7 cm³/mol. The average Bonchev–Trinajstić information content (AvgIpc) is 2.91. The molecule has 1 saturated heterocycles. The van der Waals surface area contributed by atoms with Crippen molar-refractivity contribution in [1.29, 1.82) is 0 Å². The highest BCUT2D eigenvalue weighted by Crippen LogP contribution is 2.40. The molecule has 0 aromatic carbocycles. The van der Waals surface area contributed by atoms with Gasteiger partial charge in [0.2, 0.25) is 5.60 Å². The van der Waals surface area contributed by atoms with E-state index in [1.54, 1.807) is 4.90 Å². The summed E-state index contributed by atoms with van der Waals surface area (Å²) in [6.45, 7) is 4.94. The molecule has 1 aromatic heterocycles. The number of hydrogen-bond acceptors (Lipinski definition) is 3. The van der Waals surface area contributed by atoms with Gasteiger partial charge in [-0.1, -0.05) is 13.8 Å². The Morgan fingerprint density at radius 3 is 2.44 bits per heavy atom. The maximum atomic E-state index is 13.4. The number of likely N-dealkylation sites (tertiary alicyclic amines) is 1. The number of hydrogen-bond donors (Lipinski definition) is 2. The van der Waals surface area contributed by atoms with E-state index >= 15 is 0 Å². The maximum Gasteiger partial charge on any atom is 0.424 e. The van der Waals surface area contributed by atoms with Crippen LogP contribution in [0.1, 0.15) is 32.5 Å². The number of halogens is 3. The van der Waals surface area contributed by atoms with Crippen molar-refractivity contribution in [2.75, 3.05) is 19.6 Å². The van der Waals surface area contributed by atoms with Crippen LogP contribution >= 0.6 is 0 Å². The third kappa shape index (κ3) is 4.26. The van der Waals surface area contributed by atoms with Crippen LogP contribution in [0.3, 0.4) is 0 Å². The van der Waals surface area contributed by atoms with Crippen LogP contribution in [0, 0.1) is 11.8 Å². The monoisotopic (exact) mass is 362 g/mol. The van der Waals surface area contributed by atoms with Crippen LogP contribution in [0.15, 0.2) is 12.4 Å². The van der Waals surface area contributed by atoms with Gasteiger partial charge in [0.15, 0.2) is 0 Å². The fourth-order valence-corrected chi connectivity index (χ4v) is 3.44. The van der Waals surface area contributed by atoms with Crippen LogP contribution in [0.4, 0.5) is 18.0 Å². The summed E-state index contributed by atoms with van der Waals surface area (Å²) in [5.74, 6) is 0.220. The first kappa shape index (κ1) is 19.6. The average molecular weight is 362 g/mol. The van der Waals surface area contributed by atoms with Gasteiger partial charge in [-0.25, -0.2) is 9.78 Å². The fourth-order valence-electron chi connectivity index (χ4n) is 3.44. The van der Waals surface area contributed by atoms with Gasteiger partial charge >= 0.3 is 12.2 Å². The molecule has 2 N–H and O–H groups in total. The quantitative estimate of drug-likeness (QED) is 0.863. The van der Waals surface area contributed by atoms with Gasteiger partial charge in [-0.15, -0.1) is 0 Å². The summed E-state index contributed by atoms with van der Waals surface area (Å²) in [6, 6.07) is -0.400. The van der Waals surface area contributed by atoms with Crippen LogP contribution in [-0.4, -0.2) is 51.4 Å². The molecule has 2 rings (SSSR count). The smallest absolute Gasteiger partial charge is 0.374 e. The molecule has 1 aromatic rings. The van der Waals surface area contributed by atoms with Gasteiger partial charge in [0.1, 0.15) is 5.82 Å². The molecule has 1 aliphatic rings. The summed E-state index contributed by atoms with van der Waals surface area (Å²) in [7, 11) is 1.38. The number of alkyl halides is 3. The molecule has 0 bridgehead atoms. The number of urea groups is 1. The number of piperidine rings is 1. The SMILES string of the molecule is CC1CC(C)CN(C(=O)NCCC(O)(c2nccn2C)C(F)(F)F)C1. The number of aryl methyl sites for hydroxylation is 1. The molecule has 9 heteroatoms. The normalized spacial score (nSPS) is 24.0. The van der Waals surface area contributed by atoms with Gasteiger partial charge in [-0.2, -0.15) is 13.2 Å². The fraction of sp³-hybridized carbons (Fsp3) is 0.750. The molecule has 3 unspecified atom stereocenters. The second-order valence-electron chi connectivity index (χ2n) is 7.05. The van der Waals surface area contributed by atoms with Crippen molar-refractivity contribution in [1.82, 2.24) is 19.8 Å². The van der Waals surface area contributed by atoms with E-state index < -0.39 is 30.1 Å². The lowest BCUT2D eigenvalue weighted by molar-refractivity contribution is -0.272. The van der Waals surface area contributed by atoms with Crippen LogP contribution in [-0.2, 0) is 12.6 Å². The lowest BCUT2D eigenvalue weighted by Gasteiger charge is -2.35. The standard InChI is InChI=1S/C16H25F3N4O2/c1-11-8-12(2)10-23(9-11)14(24)21-5-4-15(25,16(17,18)19)13-20-6-7-22(13)3/h6-7,11-12,25H,4-5,8-10H2,1-3H3,(H,21,24). The van der Waals surface area contributed by atoms with Crippen molar-refractivity contribution in [2.24, 2.45) is 18.9 Å². The molecule has 2 heterocycles. The highest BCUT2D eigenvalue weighted by Gasteiger charge is 2.57. The summed E-state index contributed by atoms with van der Waals surface area (Å²) < 4.78 is 41.3. The number of imidazole rings is 1. The number of aromatic nitrogens is 2. The first-order chi connectivity index (χ1) is 11.5. The zero-order valence-electron chi connectivity index (χ0n) is 14.7. The van der Waals surface area contributed by atoms with E-state index in [-0.39, 0.29) is 6.54 Å². The van der Waals surface area contributed by atoms with Crippen molar-refractivity contribution in [3.8, 4) is 0 Å². The lowest BCUT2D eigenvalue weighted by Crippen LogP contribution is -2.50. The van der Waals surface area contributed by atoms with Gasteiger partial charge in [0, 0.05) is 45.5 Å². The highest BCUT2D eigenvalue weighted by molar-refractivity contribution is 5.74. The topological polar surface area (TPSA) is 70.4 Å². The van der Waals surface area contributed by atoms with Gasteiger partial charge < -0.3 is 19.9 Å². The molecule has 0 aliphatic carbocycles. The summed E-state index contributed by atoms with van der Waals surface area (Å²) in [4.78, 5) is 17.5. The molecular weight excluding hydrogens is 337 g/mol. The van der Waals surface area contributed by atoms with E-state index in [0.717, 1.165) is 11.0 Å². The Labute approximate surface area is 145 Å². The third-order valence-corrected chi connectivity index (χ3v) is 4.58. The second-order valence-corrected chi connectivity index (χ2v) is 7.05. The van der Waals surface area contributed by atoms with E-state index in [9.17, 15) is 23.1 Å². The highest BCUT2D eigenvalue weighted by atomic mass is 19.4. The molecular formula is C16H25F3N4O2. The summed E-state index contributed by atoms with van der Waals surface area (Å²) >= 11 is 0. The first-order valence-corrected chi connectivity index (χ1v) is 8.34. The first-order valence-electron chi connectivity index (χ1n) is 8.34. The predicted octanol–water partition coefficient (Wildman–Crippen LogP) is 2.25. The van der Waals surface area contributed by atoms with Crippen molar-refractivity contribution in [3.63, 3.8) is 0 Å². The minimum Gasteiger partial charge on any atom is -0.374 e. The van der Waals surface area contributed by atoms with Crippen molar-refractivity contribution in [3.05, 3.63) is 18.2 Å². The molecule has 1 aliphatic heterocycles. The molecule has 2 amide bonds. The zero-order chi connectivity index (χ0) is 18.8. The number of nitrogens with zero attached hydrogens (tertiary/aromatic N) is 3. The van der Waals surface area contributed by atoms with Gasteiger partial charge in [-0.05, 0) is 18.3 Å². The molecule has 0 radical (unpaired) electrons. The Hall–Kier alpha value is -1.77. The van der Waals surface area contributed by atoms with Crippen LogP contribution < -0.4 is 5.32 Å². The van der Waals surface area contributed by atoms with Crippen LogP contribution in [0.2, 0.25) is 0 Å². The summed E-state index contributed by atoms with van der Waals surface area (Å²) in [6.07, 6.45) is -2.05. The number of amides is 2. The molecule has 3 atom stereocenters. The van der Waals surface area contributed by atoms with E-state index in [2.05, 4.69) is 10.3 Å². The van der Waals surface area contributed by atoms with Crippen molar-refractivity contribution >= 4 is 6.03 Å². The molecule has 6 nitrogen and oxygen atoms in total. The molecule has 0 saturated carbocycles.